The first-order valence-electron chi connectivity index (χ1n) is 9.00. The molecule has 33 heavy (non-hydrogen) atoms. The van der Waals surface area contributed by atoms with Gasteiger partial charge in [-0.05, 0) is 11.6 Å². The highest BCUT2D eigenvalue weighted by Gasteiger charge is 2.57. The number of ketones is 1. The van der Waals surface area contributed by atoms with Gasteiger partial charge in [-0.15, -0.1) is 34.4 Å². The molecule has 4 heterocycles. The Morgan fingerprint density at radius 1 is 1.36 bits per heavy atom. The van der Waals surface area contributed by atoms with Crippen LogP contribution in [0.15, 0.2) is 27.9 Å². The first kappa shape index (κ1) is 23.7. The molecule has 15 heteroatoms. The molecule has 172 valence electrons. The van der Waals surface area contributed by atoms with Crippen molar-refractivity contribution < 1.29 is 24.3 Å². The van der Waals surface area contributed by atoms with Gasteiger partial charge in [0.05, 0.1) is 4.88 Å². The molecule has 0 aliphatic carbocycles. The van der Waals surface area contributed by atoms with E-state index in [1.165, 1.54) is 24.3 Å². The van der Waals surface area contributed by atoms with Gasteiger partial charge in [-0.1, -0.05) is 34.4 Å². The summed E-state index contributed by atoms with van der Waals surface area (Å²) in [5, 5.41) is 14.8. The van der Waals surface area contributed by atoms with Crippen molar-refractivity contribution in [3.63, 3.8) is 0 Å². The maximum atomic E-state index is 13.1. The van der Waals surface area contributed by atoms with Crippen LogP contribution in [0.2, 0.25) is 9.62 Å². The number of carbonyl (C=O) groups is 3. The summed E-state index contributed by atoms with van der Waals surface area (Å²) >= 11 is 15.4. The van der Waals surface area contributed by atoms with Crippen molar-refractivity contribution in [2.75, 3.05) is 18.6 Å². The summed E-state index contributed by atoms with van der Waals surface area (Å²) in [6.45, 7) is 0. The zero-order valence-corrected chi connectivity index (χ0v) is 20.5. The summed E-state index contributed by atoms with van der Waals surface area (Å²) in [4.78, 5) is 52.5. The molecule has 2 atom stereocenters. The zero-order chi connectivity index (χ0) is 23.9. The van der Waals surface area contributed by atoms with E-state index < -0.39 is 29.0 Å². The number of anilines is 1. The number of allylic oxidation sites excluding steroid dienone is 1. The average molecular weight is 546 g/mol. The molecule has 10 nitrogen and oxygen atoms in total. The SMILES string of the molecule is CON=C(C(=O)C1C(=O)N2C(C(=O)O)=C(C=Cc3sc(Cl)nc3Cl)CSC12)c1csc(N)n1. The van der Waals surface area contributed by atoms with E-state index in [4.69, 9.17) is 33.8 Å². The van der Waals surface area contributed by atoms with Crippen LogP contribution >= 0.6 is 57.6 Å². The number of aromatic nitrogens is 2. The maximum absolute atomic E-state index is 13.1. The lowest BCUT2D eigenvalue weighted by Crippen LogP contribution is -2.64. The van der Waals surface area contributed by atoms with Crippen LogP contribution < -0.4 is 5.73 Å². The zero-order valence-electron chi connectivity index (χ0n) is 16.5. The number of aliphatic carboxylic acids is 1. The van der Waals surface area contributed by atoms with Crippen LogP contribution in [0, 0.1) is 5.92 Å². The molecule has 1 fully saturated rings. The lowest BCUT2D eigenvalue weighted by atomic mass is 9.88. The second-order valence-electron chi connectivity index (χ2n) is 6.58. The van der Waals surface area contributed by atoms with Gasteiger partial charge in [0.15, 0.2) is 15.3 Å². The fourth-order valence-corrected chi connectivity index (χ4v) is 6.50. The number of nitrogen functional groups attached to an aromatic ring is 1. The fraction of sp³-hybridized carbons (Fsp3) is 0.222. The highest BCUT2D eigenvalue weighted by atomic mass is 35.5. The summed E-state index contributed by atoms with van der Waals surface area (Å²) in [7, 11) is 1.26. The molecule has 2 aliphatic rings. The third kappa shape index (κ3) is 4.38. The number of fused-ring (bicyclic) bond motifs is 1. The van der Waals surface area contributed by atoms with E-state index in [0.717, 1.165) is 27.6 Å². The van der Waals surface area contributed by atoms with Crippen molar-refractivity contribution in [2.45, 2.75) is 5.37 Å². The number of oxime groups is 1. The molecule has 0 spiro atoms. The molecule has 3 N–H and O–H groups in total. The van der Waals surface area contributed by atoms with Crippen molar-refractivity contribution in [1.29, 1.82) is 0 Å². The number of carboxylic acid groups (broad SMARTS) is 1. The lowest BCUT2D eigenvalue weighted by Gasteiger charge is -2.48. The first-order chi connectivity index (χ1) is 15.7. The second-order valence-corrected chi connectivity index (χ2v) is 10.5. The molecule has 1 amide bonds. The normalized spacial score (nSPS) is 20.8. The molecule has 4 rings (SSSR count). The van der Waals surface area contributed by atoms with Crippen LogP contribution in [0.4, 0.5) is 5.13 Å². The third-order valence-electron chi connectivity index (χ3n) is 4.68. The summed E-state index contributed by atoms with van der Waals surface area (Å²) in [5.41, 5.74) is 5.88. The minimum absolute atomic E-state index is 0.146. The Morgan fingerprint density at radius 3 is 2.70 bits per heavy atom. The van der Waals surface area contributed by atoms with Crippen molar-refractivity contribution in [2.24, 2.45) is 11.1 Å². The van der Waals surface area contributed by atoms with Crippen molar-refractivity contribution >= 4 is 92.2 Å². The molecule has 1 saturated heterocycles. The number of hydrogen-bond donors (Lipinski definition) is 2. The van der Waals surface area contributed by atoms with Crippen LogP contribution in [-0.2, 0) is 19.2 Å². The van der Waals surface area contributed by atoms with Gasteiger partial charge in [0.25, 0.3) is 0 Å². The largest absolute Gasteiger partial charge is 0.477 e. The van der Waals surface area contributed by atoms with E-state index in [1.807, 2.05) is 0 Å². The number of thioether (sulfide) groups is 1. The average Bonchev–Trinajstić information content (AvgIpc) is 3.33. The van der Waals surface area contributed by atoms with Crippen molar-refractivity contribution in [3.8, 4) is 0 Å². The predicted octanol–water partition coefficient (Wildman–Crippen LogP) is 2.99. The van der Waals surface area contributed by atoms with Crippen molar-refractivity contribution in [1.82, 2.24) is 14.9 Å². The number of hydrogen-bond acceptors (Lipinski definition) is 11. The Labute approximate surface area is 208 Å². The Hall–Kier alpha value is -2.45. The first-order valence-corrected chi connectivity index (χ1v) is 12.5. The molecule has 0 bridgehead atoms. The topological polar surface area (TPSA) is 148 Å². The molecule has 2 unspecified atom stereocenters. The van der Waals surface area contributed by atoms with Gasteiger partial charge in [0.2, 0.25) is 11.7 Å². The van der Waals surface area contributed by atoms with Gasteiger partial charge in [0.1, 0.15) is 34.9 Å². The summed E-state index contributed by atoms with van der Waals surface area (Å²) < 4.78 is 0.250. The van der Waals surface area contributed by atoms with Crippen LogP contribution in [0.5, 0.6) is 0 Å². The van der Waals surface area contributed by atoms with E-state index in [-0.39, 0.29) is 37.6 Å². The number of nitrogens with zero attached hydrogens (tertiary/aromatic N) is 4. The number of halogens is 2. The highest BCUT2D eigenvalue weighted by molar-refractivity contribution is 8.00. The Bertz CT molecular complexity index is 1250. The number of nitrogens with two attached hydrogens (primary N) is 1. The number of carbonyl (C=O) groups excluding carboxylic acids is 2. The number of carboxylic acids is 1. The Morgan fingerprint density at radius 2 is 2.12 bits per heavy atom. The molecule has 2 aromatic heterocycles. The number of β-lactam (4-membered cyclic amide) rings is 1. The monoisotopic (exact) mass is 545 g/mol. The summed E-state index contributed by atoms with van der Waals surface area (Å²) in [6.07, 6.45) is 3.15. The standard InChI is InChI=1S/C18H13Cl2N5O5S3/c1-30-24-10(7-5-32-18(21)22-7)12(26)9-14(27)25-11(16(28)29)6(4-31-15(9)25)2-3-8-13(19)23-17(20)33-8/h2-3,5,9,15H,4H2,1H3,(H2,21,22)(H,28,29). The minimum atomic E-state index is -1.29. The summed E-state index contributed by atoms with van der Waals surface area (Å²) in [6, 6.07) is 0. The second kappa shape index (κ2) is 9.43. The third-order valence-corrected chi connectivity index (χ3v) is 8.18. The van der Waals surface area contributed by atoms with Gasteiger partial charge in [-0.3, -0.25) is 14.5 Å². The van der Waals surface area contributed by atoms with Crippen molar-refractivity contribution in [3.05, 3.63) is 42.9 Å². The molecule has 0 saturated carbocycles. The molecular formula is C18H13Cl2N5O5S3. The van der Waals surface area contributed by atoms with E-state index in [0.29, 0.717) is 10.5 Å². The smallest absolute Gasteiger partial charge is 0.352 e. The van der Waals surface area contributed by atoms with Crippen LogP contribution in [0.1, 0.15) is 10.6 Å². The van der Waals surface area contributed by atoms with Crippen LogP contribution in [0.25, 0.3) is 6.08 Å². The molecule has 0 radical (unpaired) electrons. The van der Waals surface area contributed by atoms with Crippen LogP contribution in [0.3, 0.4) is 0 Å². The Kier molecular flexibility index (Phi) is 6.77. The number of rotatable bonds is 7. The van der Waals surface area contributed by atoms with E-state index in [2.05, 4.69) is 15.1 Å². The predicted molar refractivity (Wildman–Crippen MR) is 127 cm³/mol. The lowest BCUT2D eigenvalue weighted by molar-refractivity contribution is -0.155. The van der Waals surface area contributed by atoms with Gasteiger partial charge in [0, 0.05) is 11.1 Å². The van der Waals surface area contributed by atoms with E-state index in [9.17, 15) is 19.5 Å². The fourth-order valence-electron chi connectivity index (χ4n) is 3.30. The van der Waals surface area contributed by atoms with Gasteiger partial charge in [-0.25, -0.2) is 14.8 Å². The minimum Gasteiger partial charge on any atom is -0.477 e. The molecule has 0 aromatic carbocycles. The number of thiazole rings is 2. The Balaban J connectivity index is 1.62. The van der Waals surface area contributed by atoms with Gasteiger partial charge >= 0.3 is 5.97 Å². The maximum Gasteiger partial charge on any atom is 0.352 e. The molecule has 2 aromatic rings. The highest BCUT2D eigenvalue weighted by Crippen LogP contribution is 2.45. The number of amides is 1. The van der Waals surface area contributed by atoms with E-state index >= 15 is 0 Å². The molecule has 2 aliphatic heterocycles. The van der Waals surface area contributed by atoms with Gasteiger partial charge < -0.3 is 15.7 Å². The van der Waals surface area contributed by atoms with E-state index in [1.54, 1.807) is 12.2 Å². The van der Waals surface area contributed by atoms with Crippen LogP contribution in [-0.4, -0.2) is 61.6 Å². The number of Topliss-reactive ketones (excluding diaryl/α,β-unsaturated/α-hetero) is 1. The quantitative estimate of drug-likeness (QED) is 0.231. The summed E-state index contributed by atoms with van der Waals surface area (Å²) in [5.74, 6) is -3.42. The van der Waals surface area contributed by atoms with Gasteiger partial charge in [-0.2, -0.15) is 0 Å². The molecular weight excluding hydrogens is 533 g/mol.